The molecule has 2 N–H and O–H groups in total. The number of fused-ring (bicyclic) bond motifs is 1. The molecule has 8 nitrogen and oxygen atoms in total. The van der Waals surface area contributed by atoms with Gasteiger partial charge in [0.05, 0.1) is 11.5 Å². The van der Waals surface area contributed by atoms with Gasteiger partial charge in [0, 0.05) is 24.2 Å². The molecule has 0 aliphatic carbocycles. The molecular formula is C18H19N5O3. The fraction of sp³-hybridized carbons (Fsp3) is 0.222. The molecule has 0 bridgehead atoms. The van der Waals surface area contributed by atoms with Gasteiger partial charge in [-0.1, -0.05) is 36.4 Å². The van der Waals surface area contributed by atoms with E-state index in [0.29, 0.717) is 6.54 Å². The van der Waals surface area contributed by atoms with Crippen molar-refractivity contribution in [2.45, 2.75) is 6.92 Å². The summed E-state index contributed by atoms with van der Waals surface area (Å²) in [7, 11) is 0. The van der Waals surface area contributed by atoms with E-state index in [4.69, 9.17) is 0 Å². The van der Waals surface area contributed by atoms with Crippen molar-refractivity contribution in [2.24, 2.45) is 0 Å². The molecular weight excluding hydrogens is 334 g/mol. The number of aliphatic hydroxyl groups is 1. The first-order valence-corrected chi connectivity index (χ1v) is 8.25. The van der Waals surface area contributed by atoms with Crippen LogP contribution in [-0.4, -0.2) is 39.7 Å². The van der Waals surface area contributed by atoms with Crippen molar-refractivity contribution in [3.63, 3.8) is 0 Å². The van der Waals surface area contributed by atoms with E-state index >= 15 is 0 Å². The van der Waals surface area contributed by atoms with Gasteiger partial charge in [0.2, 0.25) is 11.6 Å². The largest absolute Gasteiger partial charge is 0.395 e. The molecule has 0 fully saturated rings. The number of aliphatic hydroxyl groups excluding tert-OH is 1. The number of likely N-dealkylation sites (N-methyl/N-ethyl adjacent to an activating group) is 1. The van der Waals surface area contributed by atoms with Crippen LogP contribution in [0, 0.1) is 10.1 Å². The minimum atomic E-state index is -0.497. The van der Waals surface area contributed by atoms with Crippen molar-refractivity contribution < 1.29 is 10.0 Å². The predicted molar refractivity (Wildman–Crippen MR) is 101 cm³/mol. The Morgan fingerprint density at radius 2 is 1.96 bits per heavy atom. The Morgan fingerprint density at radius 3 is 2.69 bits per heavy atom. The highest BCUT2D eigenvalue weighted by molar-refractivity contribution is 5.96. The van der Waals surface area contributed by atoms with Crippen LogP contribution in [0.2, 0.25) is 0 Å². The van der Waals surface area contributed by atoms with E-state index in [2.05, 4.69) is 15.3 Å². The third kappa shape index (κ3) is 3.40. The summed E-state index contributed by atoms with van der Waals surface area (Å²) in [6.07, 6.45) is 1.29. The average molecular weight is 353 g/mol. The van der Waals surface area contributed by atoms with E-state index in [0.717, 1.165) is 16.5 Å². The molecule has 0 aliphatic heterocycles. The van der Waals surface area contributed by atoms with Gasteiger partial charge in [-0.15, -0.1) is 0 Å². The van der Waals surface area contributed by atoms with Crippen LogP contribution in [0.15, 0.2) is 48.8 Å². The second-order valence-electron chi connectivity index (χ2n) is 5.61. The molecule has 0 spiro atoms. The number of aromatic nitrogens is 2. The van der Waals surface area contributed by atoms with Gasteiger partial charge in [-0.2, -0.15) is 0 Å². The second-order valence-corrected chi connectivity index (χ2v) is 5.61. The first-order chi connectivity index (χ1) is 12.7. The zero-order valence-corrected chi connectivity index (χ0v) is 14.3. The van der Waals surface area contributed by atoms with E-state index < -0.39 is 4.92 Å². The van der Waals surface area contributed by atoms with Gasteiger partial charge in [-0.25, -0.2) is 9.97 Å². The maximum absolute atomic E-state index is 11.7. The molecule has 0 saturated heterocycles. The molecule has 8 heteroatoms. The first-order valence-electron chi connectivity index (χ1n) is 8.25. The zero-order chi connectivity index (χ0) is 18.5. The van der Waals surface area contributed by atoms with Crippen LogP contribution < -0.4 is 10.2 Å². The topological polar surface area (TPSA) is 104 Å². The molecule has 0 amide bonds. The Hall–Kier alpha value is -3.26. The van der Waals surface area contributed by atoms with Crippen molar-refractivity contribution in [3.8, 4) is 0 Å². The van der Waals surface area contributed by atoms with Gasteiger partial charge < -0.3 is 15.3 Å². The van der Waals surface area contributed by atoms with Crippen LogP contribution in [0.4, 0.5) is 23.0 Å². The summed E-state index contributed by atoms with van der Waals surface area (Å²) in [5, 5.41) is 26.0. The minimum absolute atomic E-state index is 0.118. The van der Waals surface area contributed by atoms with Crippen LogP contribution >= 0.6 is 0 Å². The molecule has 2 aromatic carbocycles. The first kappa shape index (κ1) is 17.6. The van der Waals surface area contributed by atoms with Crippen LogP contribution in [0.5, 0.6) is 0 Å². The van der Waals surface area contributed by atoms with Gasteiger partial charge in [-0.3, -0.25) is 10.1 Å². The van der Waals surface area contributed by atoms with Crippen LogP contribution in [0.25, 0.3) is 10.8 Å². The molecule has 3 aromatic rings. The molecule has 0 unspecified atom stereocenters. The van der Waals surface area contributed by atoms with Crippen molar-refractivity contribution in [3.05, 3.63) is 58.9 Å². The summed E-state index contributed by atoms with van der Waals surface area (Å²) >= 11 is 0. The average Bonchev–Trinajstić information content (AvgIpc) is 2.66. The molecule has 0 aliphatic rings. The van der Waals surface area contributed by atoms with Crippen molar-refractivity contribution in [1.82, 2.24) is 9.97 Å². The number of benzene rings is 2. The molecule has 26 heavy (non-hydrogen) atoms. The number of hydrogen-bond donors (Lipinski definition) is 2. The standard InChI is InChI=1S/C18H19N5O3/c1-2-22(10-11-24)18-16(23(25)26)17(19-12-20-18)21-15-9-5-7-13-6-3-4-8-14(13)15/h3-9,12,24H,2,10-11H2,1H3,(H,19,20,21). The number of rotatable bonds is 7. The van der Waals surface area contributed by atoms with E-state index in [1.807, 2.05) is 49.4 Å². The van der Waals surface area contributed by atoms with E-state index in [1.54, 1.807) is 4.90 Å². The summed E-state index contributed by atoms with van der Waals surface area (Å²) in [4.78, 5) is 21.0. The lowest BCUT2D eigenvalue weighted by Gasteiger charge is -2.21. The van der Waals surface area contributed by atoms with Crippen LogP contribution in [-0.2, 0) is 0 Å². The highest BCUT2D eigenvalue weighted by Gasteiger charge is 2.26. The fourth-order valence-electron chi connectivity index (χ4n) is 2.86. The van der Waals surface area contributed by atoms with Gasteiger partial charge >= 0.3 is 5.69 Å². The summed E-state index contributed by atoms with van der Waals surface area (Å²) in [6, 6.07) is 13.5. The van der Waals surface area contributed by atoms with Crippen molar-refractivity contribution in [1.29, 1.82) is 0 Å². The number of nitrogens with one attached hydrogen (secondary N) is 1. The minimum Gasteiger partial charge on any atom is -0.395 e. The van der Waals surface area contributed by atoms with Gasteiger partial charge in [0.15, 0.2) is 0 Å². The maximum Gasteiger partial charge on any atom is 0.353 e. The predicted octanol–water partition coefficient (Wildman–Crippen LogP) is 3.10. The SMILES string of the molecule is CCN(CCO)c1ncnc(Nc2cccc3ccccc23)c1[N+](=O)[O-]. The highest BCUT2D eigenvalue weighted by atomic mass is 16.6. The lowest BCUT2D eigenvalue weighted by molar-refractivity contribution is -0.383. The van der Waals surface area contributed by atoms with Gasteiger partial charge in [0.1, 0.15) is 6.33 Å². The normalized spacial score (nSPS) is 10.7. The molecule has 134 valence electrons. The third-order valence-corrected chi connectivity index (χ3v) is 4.08. The smallest absolute Gasteiger partial charge is 0.353 e. The molecule has 0 saturated carbocycles. The summed E-state index contributed by atoms with van der Waals surface area (Å²) in [5.74, 6) is 0.303. The number of anilines is 3. The maximum atomic E-state index is 11.7. The van der Waals surface area contributed by atoms with E-state index in [9.17, 15) is 15.2 Å². The Morgan fingerprint density at radius 1 is 1.19 bits per heavy atom. The van der Waals surface area contributed by atoms with E-state index in [-0.39, 0.29) is 30.5 Å². The molecule has 3 rings (SSSR count). The highest BCUT2D eigenvalue weighted by Crippen LogP contribution is 2.35. The molecule has 1 aromatic heterocycles. The van der Waals surface area contributed by atoms with Crippen LogP contribution in [0.1, 0.15) is 6.92 Å². The van der Waals surface area contributed by atoms with Crippen molar-refractivity contribution >= 4 is 33.8 Å². The summed E-state index contributed by atoms with van der Waals surface area (Å²) < 4.78 is 0. The zero-order valence-electron chi connectivity index (χ0n) is 14.3. The lowest BCUT2D eigenvalue weighted by atomic mass is 10.1. The molecule has 0 radical (unpaired) electrons. The monoisotopic (exact) mass is 353 g/mol. The second kappa shape index (κ2) is 7.75. The number of nitro groups is 1. The summed E-state index contributed by atoms with van der Waals surface area (Å²) in [6.45, 7) is 2.45. The summed E-state index contributed by atoms with van der Waals surface area (Å²) in [5.41, 5.74) is 0.511. The molecule has 1 heterocycles. The Kier molecular flexibility index (Phi) is 5.23. The van der Waals surface area contributed by atoms with Gasteiger partial charge in [0.25, 0.3) is 0 Å². The van der Waals surface area contributed by atoms with Crippen molar-refractivity contribution in [2.75, 3.05) is 29.9 Å². The molecule has 0 atom stereocenters. The van der Waals surface area contributed by atoms with Crippen LogP contribution in [0.3, 0.4) is 0 Å². The Labute approximate surface area is 150 Å². The third-order valence-electron chi connectivity index (χ3n) is 4.08. The Bertz CT molecular complexity index is 926. The lowest BCUT2D eigenvalue weighted by Crippen LogP contribution is -2.28. The number of nitrogens with zero attached hydrogens (tertiary/aromatic N) is 4. The van der Waals surface area contributed by atoms with E-state index in [1.165, 1.54) is 6.33 Å². The quantitative estimate of drug-likeness (QED) is 0.497. The Balaban J connectivity index is 2.08. The number of hydrogen-bond acceptors (Lipinski definition) is 7. The van der Waals surface area contributed by atoms with Gasteiger partial charge in [-0.05, 0) is 18.4 Å². The fourth-order valence-corrected chi connectivity index (χ4v) is 2.86.